The van der Waals surface area contributed by atoms with Gasteiger partial charge in [-0.25, -0.2) is 0 Å². The SMILES string of the molecule is C1C2CC3C4CC5OC(C2C(C4)C2OC12)C53. The zero-order valence-electron chi connectivity index (χ0n) is 9.42. The summed E-state index contributed by atoms with van der Waals surface area (Å²) in [7, 11) is 0. The predicted molar refractivity (Wildman–Crippen MR) is 56.7 cm³/mol. The first kappa shape index (κ1) is 8.10. The van der Waals surface area contributed by atoms with Gasteiger partial charge in [-0.3, -0.25) is 0 Å². The maximum atomic E-state index is 6.22. The van der Waals surface area contributed by atoms with Gasteiger partial charge in [0.25, 0.3) is 0 Å². The minimum atomic E-state index is 0.655. The second-order valence-electron chi connectivity index (χ2n) is 7.22. The quantitative estimate of drug-likeness (QED) is 0.579. The van der Waals surface area contributed by atoms with Crippen LogP contribution >= 0.6 is 0 Å². The topological polar surface area (TPSA) is 21.8 Å². The van der Waals surface area contributed by atoms with E-state index in [1.165, 1.54) is 25.7 Å². The average molecular weight is 218 g/mol. The molecular weight excluding hydrogens is 200 g/mol. The second-order valence-corrected chi connectivity index (χ2v) is 7.22. The number of epoxide rings is 1. The number of ether oxygens (including phenoxy) is 2. The molecule has 0 N–H and O–H groups in total. The van der Waals surface area contributed by atoms with Crippen molar-refractivity contribution in [2.75, 3.05) is 0 Å². The molecule has 5 saturated carbocycles. The Labute approximate surface area is 95.7 Å². The van der Waals surface area contributed by atoms with Gasteiger partial charge in [0.2, 0.25) is 0 Å². The molecule has 7 fully saturated rings. The van der Waals surface area contributed by atoms with Crippen molar-refractivity contribution in [1.82, 2.24) is 0 Å². The van der Waals surface area contributed by atoms with Gasteiger partial charge in [-0.15, -0.1) is 0 Å². The number of fused-ring (bicyclic) bond motifs is 1. The summed E-state index contributed by atoms with van der Waals surface area (Å²) in [6, 6.07) is 0. The molecule has 86 valence electrons. The van der Waals surface area contributed by atoms with Crippen molar-refractivity contribution in [2.45, 2.75) is 50.1 Å². The highest BCUT2D eigenvalue weighted by molar-refractivity contribution is 5.18. The van der Waals surface area contributed by atoms with E-state index in [2.05, 4.69) is 0 Å². The van der Waals surface area contributed by atoms with E-state index in [9.17, 15) is 0 Å². The molecule has 2 nitrogen and oxygen atoms in total. The smallest absolute Gasteiger partial charge is 0.0873 e. The highest BCUT2D eigenvalue weighted by Crippen LogP contribution is 2.68. The normalized spacial score (nSPS) is 76.5. The first-order valence-corrected chi connectivity index (χ1v) is 7.21. The molecule has 0 aromatic carbocycles. The molecule has 10 atom stereocenters. The molecule has 7 rings (SSSR count). The van der Waals surface area contributed by atoms with Gasteiger partial charge in [0, 0.05) is 5.92 Å². The van der Waals surface area contributed by atoms with Crippen molar-refractivity contribution in [3.8, 4) is 0 Å². The molecule has 6 bridgehead atoms. The lowest BCUT2D eigenvalue weighted by molar-refractivity contribution is -0.239. The largest absolute Gasteiger partial charge is 0.374 e. The number of rotatable bonds is 0. The molecule has 2 heteroatoms. The van der Waals surface area contributed by atoms with Gasteiger partial charge in [0.05, 0.1) is 24.4 Å². The summed E-state index contributed by atoms with van der Waals surface area (Å²) in [5.74, 6) is 5.77. The summed E-state index contributed by atoms with van der Waals surface area (Å²) in [6.07, 6.45) is 8.43. The zero-order valence-corrected chi connectivity index (χ0v) is 9.42. The molecule has 0 aromatic rings. The monoisotopic (exact) mass is 218 g/mol. The van der Waals surface area contributed by atoms with Crippen LogP contribution in [0.25, 0.3) is 0 Å². The Hall–Kier alpha value is -0.0800. The van der Waals surface area contributed by atoms with Crippen molar-refractivity contribution in [1.29, 1.82) is 0 Å². The minimum Gasteiger partial charge on any atom is -0.374 e. The molecule has 0 amide bonds. The van der Waals surface area contributed by atoms with Gasteiger partial charge in [-0.2, -0.15) is 0 Å². The van der Waals surface area contributed by atoms with Crippen LogP contribution in [-0.2, 0) is 9.47 Å². The third kappa shape index (κ3) is 0.693. The van der Waals surface area contributed by atoms with Crippen molar-refractivity contribution in [3.05, 3.63) is 0 Å². The molecular formula is C14H18O2. The second kappa shape index (κ2) is 2.24. The van der Waals surface area contributed by atoms with Crippen molar-refractivity contribution in [3.63, 3.8) is 0 Å². The van der Waals surface area contributed by atoms with E-state index < -0.39 is 0 Å². The fourth-order valence-corrected chi connectivity index (χ4v) is 6.50. The van der Waals surface area contributed by atoms with Crippen LogP contribution in [0.15, 0.2) is 0 Å². The van der Waals surface area contributed by atoms with Gasteiger partial charge in [0.15, 0.2) is 0 Å². The number of hydrogen-bond acceptors (Lipinski definition) is 2. The fourth-order valence-electron chi connectivity index (χ4n) is 6.50. The van der Waals surface area contributed by atoms with E-state index in [0.717, 1.165) is 35.5 Å². The number of hydrogen-bond donors (Lipinski definition) is 0. The van der Waals surface area contributed by atoms with Gasteiger partial charge in [-0.05, 0) is 55.3 Å². The molecule has 2 saturated heterocycles. The van der Waals surface area contributed by atoms with E-state index >= 15 is 0 Å². The predicted octanol–water partition coefficient (Wildman–Crippen LogP) is 1.83. The van der Waals surface area contributed by atoms with Crippen molar-refractivity contribution >= 4 is 0 Å². The Kier molecular flexibility index (Phi) is 1.13. The first-order valence-electron chi connectivity index (χ1n) is 7.21. The molecule has 2 heterocycles. The minimum absolute atomic E-state index is 0.655. The highest BCUT2D eigenvalue weighted by atomic mass is 16.6. The van der Waals surface area contributed by atoms with E-state index in [1.54, 1.807) is 0 Å². The molecule has 0 aromatic heterocycles. The maximum Gasteiger partial charge on any atom is 0.0873 e. The Morgan fingerprint density at radius 1 is 0.625 bits per heavy atom. The molecule has 5 aliphatic carbocycles. The summed E-state index contributed by atoms with van der Waals surface area (Å²) in [4.78, 5) is 0. The molecule has 0 spiro atoms. The standard InChI is InChI=1S/C14H18O2/c1-5-3-9-12-7(5)2-6-4-10-13(16-10)8(1)11(6)14(12)15-9/h5-14H,1-4H2. The van der Waals surface area contributed by atoms with E-state index in [1.807, 2.05) is 0 Å². The van der Waals surface area contributed by atoms with Crippen molar-refractivity contribution < 1.29 is 9.47 Å². The summed E-state index contributed by atoms with van der Waals surface area (Å²) < 4.78 is 12.1. The third-order valence-electron chi connectivity index (χ3n) is 6.92. The van der Waals surface area contributed by atoms with Crippen LogP contribution in [0.2, 0.25) is 0 Å². The summed E-state index contributed by atoms with van der Waals surface area (Å²) >= 11 is 0. The third-order valence-corrected chi connectivity index (χ3v) is 6.92. The lowest BCUT2D eigenvalue weighted by Gasteiger charge is -2.55. The van der Waals surface area contributed by atoms with E-state index in [-0.39, 0.29) is 0 Å². The van der Waals surface area contributed by atoms with Gasteiger partial charge < -0.3 is 9.47 Å². The molecule has 2 aliphatic heterocycles. The molecule has 10 unspecified atom stereocenters. The molecule has 16 heavy (non-hydrogen) atoms. The Bertz CT molecular complexity index is 379. The highest BCUT2D eigenvalue weighted by Gasteiger charge is 2.70. The van der Waals surface area contributed by atoms with Gasteiger partial charge in [-0.1, -0.05) is 0 Å². The Morgan fingerprint density at radius 2 is 1.44 bits per heavy atom. The van der Waals surface area contributed by atoms with Crippen LogP contribution in [0, 0.1) is 35.5 Å². The van der Waals surface area contributed by atoms with Crippen LogP contribution in [-0.4, -0.2) is 24.4 Å². The summed E-state index contributed by atoms with van der Waals surface area (Å²) in [6.45, 7) is 0. The lowest BCUT2D eigenvalue weighted by atomic mass is 9.59. The van der Waals surface area contributed by atoms with Gasteiger partial charge in [0.1, 0.15) is 0 Å². The Balaban J connectivity index is 1.55. The molecule has 7 aliphatic rings. The van der Waals surface area contributed by atoms with E-state index in [4.69, 9.17) is 9.47 Å². The lowest BCUT2D eigenvalue weighted by Crippen LogP contribution is -2.59. The zero-order chi connectivity index (χ0) is 10.0. The van der Waals surface area contributed by atoms with Crippen LogP contribution in [0.1, 0.15) is 25.7 Å². The average Bonchev–Trinajstić information content (AvgIpc) is 2.90. The van der Waals surface area contributed by atoms with E-state index in [0.29, 0.717) is 24.4 Å². The Morgan fingerprint density at radius 3 is 2.44 bits per heavy atom. The maximum absolute atomic E-state index is 6.22. The van der Waals surface area contributed by atoms with Crippen molar-refractivity contribution in [2.24, 2.45) is 35.5 Å². The fraction of sp³-hybridized carbons (Fsp3) is 1.00. The first-order chi connectivity index (χ1) is 7.90. The van der Waals surface area contributed by atoms with Gasteiger partial charge >= 0.3 is 0 Å². The van der Waals surface area contributed by atoms with Crippen LogP contribution < -0.4 is 0 Å². The summed E-state index contributed by atoms with van der Waals surface area (Å²) in [5.41, 5.74) is 0. The van der Waals surface area contributed by atoms with Crippen LogP contribution in [0.5, 0.6) is 0 Å². The summed E-state index contributed by atoms with van der Waals surface area (Å²) in [5, 5.41) is 0. The van der Waals surface area contributed by atoms with Crippen LogP contribution in [0.4, 0.5) is 0 Å². The van der Waals surface area contributed by atoms with Crippen LogP contribution in [0.3, 0.4) is 0 Å². The molecule has 0 radical (unpaired) electrons.